The van der Waals surface area contributed by atoms with E-state index in [1.807, 2.05) is 12.4 Å². The fourth-order valence-corrected chi connectivity index (χ4v) is 4.98. The Balaban J connectivity index is 1.38. The predicted octanol–water partition coefficient (Wildman–Crippen LogP) is 4.28. The number of nitrogens with one attached hydrogen (secondary N) is 2. The molecule has 2 aromatic heterocycles. The van der Waals surface area contributed by atoms with Crippen molar-refractivity contribution in [1.29, 1.82) is 0 Å². The number of anilines is 1. The third-order valence-electron chi connectivity index (χ3n) is 6.72. The van der Waals surface area contributed by atoms with Crippen LogP contribution in [0.5, 0.6) is 0 Å². The molecule has 0 radical (unpaired) electrons. The lowest BCUT2D eigenvalue weighted by atomic mass is 9.94. The molecule has 0 aliphatic carbocycles. The van der Waals surface area contributed by atoms with Gasteiger partial charge in [-0.15, -0.1) is 0 Å². The first-order valence-corrected chi connectivity index (χ1v) is 11.6. The molecule has 5 rings (SSSR count). The van der Waals surface area contributed by atoms with Crippen LogP contribution < -0.4 is 5.32 Å². The fraction of sp³-hybridized carbons (Fsp3) is 0.440. The van der Waals surface area contributed by atoms with Gasteiger partial charge in [0.05, 0.1) is 30.8 Å². The number of para-hydroxylation sites is 1. The minimum absolute atomic E-state index is 0.0138. The normalized spacial score (nSPS) is 19.1. The molecule has 1 aromatic carbocycles. The SMILES string of the molecule is C=C(CC)N1CCc2c([nH]c3ccccc23)[C@H]1c1cnc(NC2CN(CCCF)C2)cn1. The van der Waals surface area contributed by atoms with E-state index in [0.29, 0.717) is 12.5 Å². The van der Waals surface area contributed by atoms with E-state index in [0.717, 1.165) is 56.2 Å². The highest BCUT2D eigenvalue weighted by Gasteiger charge is 2.33. The number of hydrogen-bond donors (Lipinski definition) is 2. The molecule has 1 atom stereocenters. The van der Waals surface area contributed by atoms with Crippen molar-refractivity contribution in [3.8, 4) is 0 Å². The summed E-state index contributed by atoms with van der Waals surface area (Å²) < 4.78 is 12.3. The van der Waals surface area contributed by atoms with Crippen molar-refractivity contribution in [3.05, 3.63) is 65.9 Å². The molecular weight excluding hydrogens is 403 g/mol. The van der Waals surface area contributed by atoms with Gasteiger partial charge in [-0.2, -0.15) is 0 Å². The summed E-state index contributed by atoms with van der Waals surface area (Å²) in [5.74, 6) is 0.789. The molecule has 3 aromatic rings. The average molecular weight is 435 g/mol. The molecule has 4 heterocycles. The second-order valence-electron chi connectivity index (χ2n) is 8.80. The Hall–Kier alpha value is -2.93. The number of nitrogens with zero attached hydrogens (tertiary/aromatic N) is 4. The smallest absolute Gasteiger partial charge is 0.144 e. The van der Waals surface area contributed by atoms with E-state index >= 15 is 0 Å². The number of rotatable bonds is 8. The topological polar surface area (TPSA) is 60.1 Å². The first kappa shape index (κ1) is 20.9. The van der Waals surface area contributed by atoms with E-state index < -0.39 is 0 Å². The Kier molecular flexibility index (Phi) is 5.83. The summed E-state index contributed by atoms with van der Waals surface area (Å²) in [5, 5.41) is 4.75. The number of halogens is 1. The first-order chi connectivity index (χ1) is 15.7. The van der Waals surface area contributed by atoms with Gasteiger partial charge >= 0.3 is 0 Å². The maximum absolute atomic E-state index is 12.3. The maximum Gasteiger partial charge on any atom is 0.144 e. The van der Waals surface area contributed by atoms with Gasteiger partial charge in [-0.3, -0.25) is 14.3 Å². The van der Waals surface area contributed by atoms with Crippen molar-refractivity contribution in [2.75, 3.05) is 38.2 Å². The number of aromatic nitrogens is 3. The zero-order chi connectivity index (χ0) is 22.1. The lowest BCUT2D eigenvalue weighted by Gasteiger charge is -2.40. The summed E-state index contributed by atoms with van der Waals surface area (Å²) in [6.45, 7) is 9.82. The summed E-state index contributed by atoms with van der Waals surface area (Å²) in [6, 6.07) is 8.84. The molecule has 2 aliphatic heterocycles. The summed E-state index contributed by atoms with van der Waals surface area (Å²) in [7, 11) is 0. The van der Waals surface area contributed by atoms with Crippen LogP contribution in [-0.4, -0.2) is 63.6 Å². The third-order valence-corrected chi connectivity index (χ3v) is 6.72. The van der Waals surface area contributed by atoms with Crippen molar-refractivity contribution < 1.29 is 4.39 Å². The molecule has 2 N–H and O–H groups in total. The van der Waals surface area contributed by atoms with Gasteiger partial charge in [-0.05, 0) is 30.9 Å². The van der Waals surface area contributed by atoms with Crippen molar-refractivity contribution in [1.82, 2.24) is 24.8 Å². The lowest BCUT2D eigenvalue weighted by Crippen LogP contribution is -2.54. The number of allylic oxidation sites excluding steroid dienone is 1. The predicted molar refractivity (Wildman–Crippen MR) is 126 cm³/mol. The Morgan fingerprint density at radius 3 is 2.84 bits per heavy atom. The van der Waals surface area contributed by atoms with Gasteiger partial charge < -0.3 is 15.2 Å². The third kappa shape index (κ3) is 3.86. The minimum atomic E-state index is -0.248. The van der Waals surface area contributed by atoms with E-state index in [-0.39, 0.29) is 12.7 Å². The number of alkyl halides is 1. The standard InChI is InChI=1S/C25H31FN6/c1-3-17(2)32-12-9-20-19-7-4-5-8-21(19)30-24(20)25(32)22-13-28-23(14-27-22)29-18-15-31(16-18)11-6-10-26/h4-5,7-8,13-14,18,25,30H,2-3,6,9-12,15-16H2,1H3,(H,28,29)/t25-/m1/s1. The van der Waals surface area contributed by atoms with E-state index in [2.05, 4.69) is 62.9 Å². The maximum atomic E-state index is 12.3. The second kappa shape index (κ2) is 8.90. The number of likely N-dealkylation sites (tertiary alicyclic amines) is 1. The number of H-pyrrole nitrogens is 1. The Morgan fingerprint density at radius 1 is 1.25 bits per heavy atom. The molecule has 1 fully saturated rings. The highest BCUT2D eigenvalue weighted by Crippen LogP contribution is 2.39. The van der Waals surface area contributed by atoms with Crippen molar-refractivity contribution >= 4 is 16.7 Å². The van der Waals surface area contributed by atoms with Crippen LogP contribution in [0.3, 0.4) is 0 Å². The molecule has 0 bridgehead atoms. The summed E-state index contributed by atoms with van der Waals surface area (Å²) in [6.07, 6.45) is 6.23. The molecule has 168 valence electrons. The fourth-order valence-electron chi connectivity index (χ4n) is 4.98. The molecule has 7 heteroatoms. The van der Waals surface area contributed by atoms with Gasteiger partial charge in [0.1, 0.15) is 11.9 Å². The van der Waals surface area contributed by atoms with Crippen LogP contribution >= 0.6 is 0 Å². The van der Waals surface area contributed by atoms with E-state index in [1.165, 1.54) is 22.2 Å². The van der Waals surface area contributed by atoms with Crippen molar-refractivity contribution in [3.63, 3.8) is 0 Å². The van der Waals surface area contributed by atoms with Crippen LogP contribution in [0.25, 0.3) is 10.9 Å². The lowest BCUT2D eigenvalue weighted by molar-refractivity contribution is 0.155. The van der Waals surface area contributed by atoms with E-state index in [1.54, 1.807) is 0 Å². The molecule has 0 spiro atoms. The molecule has 1 saturated heterocycles. The van der Waals surface area contributed by atoms with Crippen LogP contribution in [0.4, 0.5) is 10.2 Å². The molecule has 0 unspecified atom stereocenters. The van der Waals surface area contributed by atoms with Crippen LogP contribution in [0.15, 0.2) is 48.9 Å². The molecule has 0 amide bonds. The van der Waals surface area contributed by atoms with Gasteiger partial charge in [0.25, 0.3) is 0 Å². The van der Waals surface area contributed by atoms with Crippen LogP contribution in [0, 0.1) is 0 Å². The summed E-state index contributed by atoms with van der Waals surface area (Å²) in [5.41, 5.74) is 5.78. The molecule has 0 saturated carbocycles. The number of hydrogen-bond acceptors (Lipinski definition) is 5. The number of fused-ring (bicyclic) bond motifs is 3. The van der Waals surface area contributed by atoms with Gasteiger partial charge in [0, 0.05) is 48.5 Å². The van der Waals surface area contributed by atoms with Crippen LogP contribution in [0.2, 0.25) is 0 Å². The number of benzene rings is 1. The van der Waals surface area contributed by atoms with E-state index in [9.17, 15) is 4.39 Å². The molecule has 32 heavy (non-hydrogen) atoms. The highest BCUT2D eigenvalue weighted by atomic mass is 19.1. The summed E-state index contributed by atoms with van der Waals surface area (Å²) >= 11 is 0. The largest absolute Gasteiger partial charge is 0.363 e. The molecule has 2 aliphatic rings. The van der Waals surface area contributed by atoms with Gasteiger partial charge in [0.15, 0.2) is 0 Å². The van der Waals surface area contributed by atoms with Crippen LogP contribution in [-0.2, 0) is 6.42 Å². The molecular formula is C25H31FN6. The molecule has 6 nitrogen and oxygen atoms in total. The quantitative estimate of drug-likeness (QED) is 0.554. The van der Waals surface area contributed by atoms with Crippen molar-refractivity contribution in [2.24, 2.45) is 0 Å². The zero-order valence-corrected chi connectivity index (χ0v) is 18.6. The van der Waals surface area contributed by atoms with Crippen LogP contribution in [0.1, 0.15) is 42.8 Å². The average Bonchev–Trinajstić information content (AvgIpc) is 3.18. The Bertz CT molecular complexity index is 1090. The Morgan fingerprint density at radius 2 is 2.09 bits per heavy atom. The second-order valence-corrected chi connectivity index (χ2v) is 8.80. The Labute approximate surface area is 188 Å². The van der Waals surface area contributed by atoms with Gasteiger partial charge in [-0.1, -0.05) is 31.7 Å². The highest BCUT2D eigenvalue weighted by molar-refractivity contribution is 5.85. The summed E-state index contributed by atoms with van der Waals surface area (Å²) in [4.78, 5) is 17.8. The number of aromatic amines is 1. The van der Waals surface area contributed by atoms with E-state index in [4.69, 9.17) is 4.98 Å². The van der Waals surface area contributed by atoms with Crippen molar-refractivity contribution in [2.45, 2.75) is 38.3 Å². The monoisotopic (exact) mass is 434 g/mol. The zero-order valence-electron chi connectivity index (χ0n) is 18.6. The first-order valence-electron chi connectivity index (χ1n) is 11.6. The minimum Gasteiger partial charge on any atom is -0.363 e. The van der Waals surface area contributed by atoms with Gasteiger partial charge in [0.2, 0.25) is 0 Å². The van der Waals surface area contributed by atoms with Gasteiger partial charge in [-0.25, -0.2) is 4.98 Å².